The van der Waals surface area contributed by atoms with Crippen molar-refractivity contribution in [3.8, 4) is 5.75 Å². The lowest BCUT2D eigenvalue weighted by atomic mass is 9.86. The molecule has 1 amide bonds. The zero-order valence-electron chi connectivity index (χ0n) is 36.4. The summed E-state index contributed by atoms with van der Waals surface area (Å²) in [5.41, 5.74) is 3.27. The highest BCUT2D eigenvalue weighted by Crippen LogP contribution is 2.41. The lowest BCUT2D eigenvalue weighted by Crippen LogP contribution is -2.49. The number of ether oxygens (including phenoxy) is 1. The summed E-state index contributed by atoms with van der Waals surface area (Å²) in [4.78, 5) is 28.9. The number of aliphatic hydroxyl groups excluding tert-OH is 1. The average molecular weight is 800 g/mol. The normalized spacial score (nSPS) is 18.2. The standard InChI is InChI=1S/C47H69NO6Si2/c1-45(2,3)52-44(51)39(30-34-20-15-14-16-21-34)41(54-56(12,13)47(7,8)9)32-36(43(50)48-42-38-25-18-17-23-35(38)31-40(42)49)24-19-22-33-26-28-37(29-27-33)53-55(10,11)46(4,5)6/h14-23,25-29,36,39-42,49H,24,30-32H2,1-13H3,(H,48,50)/t36-,39+,40-,41+,42+/m1/s1. The number of carbonyl (C=O) groups excluding carboxylic acids is 2. The van der Waals surface area contributed by atoms with E-state index in [0.717, 1.165) is 28.0 Å². The molecule has 0 saturated heterocycles. The molecule has 0 radical (unpaired) electrons. The topological polar surface area (TPSA) is 94.1 Å². The number of hydrogen-bond donors (Lipinski definition) is 2. The zero-order valence-corrected chi connectivity index (χ0v) is 38.4. The molecule has 0 saturated carbocycles. The van der Waals surface area contributed by atoms with Crippen molar-refractivity contribution in [1.82, 2.24) is 5.32 Å². The first kappa shape index (κ1) is 45.2. The maximum atomic E-state index is 14.6. The van der Waals surface area contributed by atoms with Gasteiger partial charge in [-0.25, -0.2) is 0 Å². The van der Waals surface area contributed by atoms with Gasteiger partial charge in [-0.15, -0.1) is 0 Å². The van der Waals surface area contributed by atoms with Gasteiger partial charge in [-0.1, -0.05) is 120 Å². The van der Waals surface area contributed by atoms with Crippen LogP contribution in [0.25, 0.3) is 6.08 Å². The van der Waals surface area contributed by atoms with Gasteiger partial charge < -0.3 is 24.0 Å². The maximum absolute atomic E-state index is 14.6. The molecular formula is C47H69NO6Si2. The van der Waals surface area contributed by atoms with Gasteiger partial charge in [0.1, 0.15) is 11.4 Å². The van der Waals surface area contributed by atoms with Crippen LogP contribution >= 0.6 is 0 Å². The minimum absolute atomic E-state index is 0.0908. The maximum Gasteiger partial charge on any atom is 0.312 e. The number of benzene rings is 3. The monoisotopic (exact) mass is 799 g/mol. The Morgan fingerprint density at radius 2 is 1.41 bits per heavy atom. The van der Waals surface area contributed by atoms with Crippen molar-refractivity contribution in [1.29, 1.82) is 0 Å². The third-order valence-corrected chi connectivity index (χ3v) is 20.8. The molecule has 7 nitrogen and oxygen atoms in total. The molecule has 3 aromatic carbocycles. The Kier molecular flexibility index (Phi) is 14.5. The molecule has 0 heterocycles. The number of rotatable bonds is 15. The van der Waals surface area contributed by atoms with Gasteiger partial charge in [-0.3, -0.25) is 9.59 Å². The highest BCUT2D eigenvalue weighted by atomic mass is 28.4. The van der Waals surface area contributed by atoms with E-state index < -0.39 is 52.3 Å². The summed E-state index contributed by atoms with van der Waals surface area (Å²) < 4.78 is 19.8. The summed E-state index contributed by atoms with van der Waals surface area (Å²) in [7, 11) is -4.46. The summed E-state index contributed by atoms with van der Waals surface area (Å²) in [5.74, 6) is -0.877. The van der Waals surface area contributed by atoms with E-state index in [-0.39, 0.29) is 22.0 Å². The van der Waals surface area contributed by atoms with Crippen LogP contribution in [0.4, 0.5) is 0 Å². The first-order valence-corrected chi connectivity index (χ1v) is 26.1. The van der Waals surface area contributed by atoms with Gasteiger partial charge >= 0.3 is 5.97 Å². The smallest absolute Gasteiger partial charge is 0.312 e. The second kappa shape index (κ2) is 18.0. The minimum Gasteiger partial charge on any atom is -0.544 e. The largest absolute Gasteiger partial charge is 0.544 e. The zero-order chi connectivity index (χ0) is 41.7. The van der Waals surface area contributed by atoms with E-state index in [2.05, 4.69) is 73.0 Å². The fourth-order valence-corrected chi connectivity index (χ4v) is 8.94. The van der Waals surface area contributed by atoms with E-state index in [4.69, 9.17) is 13.6 Å². The first-order chi connectivity index (χ1) is 25.9. The molecule has 1 aliphatic rings. The van der Waals surface area contributed by atoms with Gasteiger partial charge in [0.2, 0.25) is 14.2 Å². The predicted molar refractivity (Wildman–Crippen MR) is 235 cm³/mol. The average Bonchev–Trinajstić information content (AvgIpc) is 3.39. The third kappa shape index (κ3) is 12.2. The molecule has 0 spiro atoms. The minimum atomic E-state index is -2.47. The molecule has 1 aliphatic carbocycles. The molecule has 2 N–H and O–H groups in total. The molecule has 0 fully saturated rings. The van der Waals surface area contributed by atoms with Crippen molar-refractivity contribution in [3.05, 3.63) is 107 Å². The second-order valence-electron chi connectivity index (χ2n) is 19.7. The number of fused-ring (bicyclic) bond motifs is 1. The van der Waals surface area contributed by atoms with Crippen molar-refractivity contribution in [3.63, 3.8) is 0 Å². The van der Waals surface area contributed by atoms with Crippen LogP contribution in [0, 0.1) is 11.8 Å². The lowest BCUT2D eigenvalue weighted by molar-refractivity contribution is -0.164. The molecule has 9 heteroatoms. The van der Waals surface area contributed by atoms with E-state index in [9.17, 15) is 14.7 Å². The summed E-state index contributed by atoms with van der Waals surface area (Å²) >= 11 is 0. The van der Waals surface area contributed by atoms with Crippen LogP contribution in [0.3, 0.4) is 0 Å². The molecule has 56 heavy (non-hydrogen) atoms. The van der Waals surface area contributed by atoms with Crippen molar-refractivity contribution < 1.29 is 28.3 Å². The molecular weight excluding hydrogens is 731 g/mol. The van der Waals surface area contributed by atoms with E-state index >= 15 is 0 Å². The third-order valence-electron chi connectivity index (χ3n) is 11.9. The summed E-state index contributed by atoms with van der Waals surface area (Å²) in [6.45, 7) is 27.7. The Hall–Kier alpha value is -3.51. The van der Waals surface area contributed by atoms with Gasteiger partial charge in [-0.05, 0) is 111 Å². The quantitative estimate of drug-likeness (QED) is 0.117. The SMILES string of the molecule is CC(C)(C)OC(=O)[C@@H](Cc1ccccc1)[C@H](C[C@@H](CC=Cc1ccc(O[Si](C)(C)C(C)(C)C)cc1)C(=O)N[C@H]1c2ccccc2C[C@H]1O)O[Si](C)(C)C(C)(C)C. The Morgan fingerprint density at radius 3 is 2.00 bits per heavy atom. The second-order valence-corrected chi connectivity index (χ2v) is 29.2. The predicted octanol–water partition coefficient (Wildman–Crippen LogP) is 10.8. The fourth-order valence-electron chi connectivity index (χ4n) is 6.53. The van der Waals surface area contributed by atoms with Gasteiger partial charge in [0, 0.05) is 12.3 Å². The first-order valence-electron chi connectivity index (χ1n) is 20.3. The molecule has 306 valence electrons. The van der Waals surface area contributed by atoms with Gasteiger partial charge in [-0.2, -0.15) is 0 Å². The van der Waals surface area contributed by atoms with Gasteiger partial charge in [0.25, 0.3) is 0 Å². The molecule has 3 aromatic rings. The number of amides is 1. The summed E-state index contributed by atoms with van der Waals surface area (Å²) in [6.07, 6.45) is 4.33. The van der Waals surface area contributed by atoms with Crippen molar-refractivity contribution in [2.75, 3.05) is 0 Å². The van der Waals surface area contributed by atoms with E-state index in [1.807, 2.05) is 112 Å². The van der Waals surface area contributed by atoms with Crippen molar-refractivity contribution in [2.45, 2.75) is 148 Å². The van der Waals surface area contributed by atoms with Crippen LogP contribution in [-0.4, -0.2) is 51.4 Å². The molecule has 0 bridgehead atoms. The lowest BCUT2D eigenvalue weighted by Gasteiger charge is -2.42. The molecule has 0 unspecified atom stereocenters. The van der Waals surface area contributed by atoms with Crippen LogP contribution < -0.4 is 9.74 Å². The van der Waals surface area contributed by atoms with Crippen LogP contribution in [-0.2, 0) is 31.6 Å². The Bertz CT molecular complexity index is 1780. The molecule has 4 rings (SSSR count). The van der Waals surface area contributed by atoms with Crippen molar-refractivity contribution in [2.24, 2.45) is 11.8 Å². The molecule has 5 atom stereocenters. The van der Waals surface area contributed by atoms with Crippen LogP contribution in [0.2, 0.25) is 36.3 Å². The highest BCUT2D eigenvalue weighted by Gasteiger charge is 2.45. The van der Waals surface area contributed by atoms with E-state index in [1.54, 1.807) is 0 Å². The Labute approximate surface area is 339 Å². The Morgan fingerprint density at radius 1 is 0.821 bits per heavy atom. The van der Waals surface area contributed by atoms with Crippen LogP contribution in [0.15, 0.2) is 84.9 Å². The summed E-state index contributed by atoms with van der Waals surface area (Å²) in [5, 5.41) is 14.3. The number of hydrogen-bond acceptors (Lipinski definition) is 6. The number of nitrogens with one attached hydrogen (secondary N) is 1. The number of aliphatic hydroxyl groups is 1. The van der Waals surface area contributed by atoms with Gasteiger partial charge in [0.15, 0.2) is 8.32 Å². The number of esters is 1. The van der Waals surface area contributed by atoms with Gasteiger partial charge in [0.05, 0.1) is 24.2 Å². The van der Waals surface area contributed by atoms with E-state index in [1.165, 1.54) is 0 Å². The fraction of sp³-hybridized carbons (Fsp3) is 0.532. The van der Waals surface area contributed by atoms with E-state index in [0.29, 0.717) is 25.7 Å². The number of allylic oxidation sites excluding steroid dienone is 1. The van der Waals surface area contributed by atoms with Crippen LogP contribution in [0.5, 0.6) is 5.75 Å². The molecule has 0 aliphatic heterocycles. The van der Waals surface area contributed by atoms with Crippen LogP contribution in [0.1, 0.15) is 103 Å². The summed E-state index contributed by atoms with van der Waals surface area (Å²) in [6, 6.07) is 25.4. The Balaban J connectivity index is 1.72. The van der Waals surface area contributed by atoms with Crippen molar-refractivity contribution >= 4 is 34.6 Å². The molecule has 0 aromatic heterocycles. The highest BCUT2D eigenvalue weighted by molar-refractivity contribution is 6.75. The number of carbonyl (C=O) groups is 2.